The van der Waals surface area contributed by atoms with Gasteiger partial charge in [-0.3, -0.25) is 4.79 Å². The van der Waals surface area contributed by atoms with Gasteiger partial charge in [-0.15, -0.1) is 0 Å². The molecular weight excluding hydrogens is 204 g/mol. The second-order valence-corrected chi connectivity index (χ2v) is 3.61. The summed E-state index contributed by atoms with van der Waals surface area (Å²) in [4.78, 5) is 11.7. The zero-order valence-corrected chi connectivity index (χ0v) is 9.71. The number of phenolic OH excluding ortho intramolecular Hbond substituents is 1. The molecule has 3 N–H and O–H groups in total. The molecule has 0 aromatic heterocycles. The van der Waals surface area contributed by atoms with Crippen molar-refractivity contribution >= 4 is 5.91 Å². The molecule has 0 spiro atoms. The van der Waals surface area contributed by atoms with Crippen LogP contribution in [0.4, 0.5) is 0 Å². The normalized spacial score (nSPS) is 10.1. The quantitative estimate of drug-likeness (QED) is 0.652. The van der Waals surface area contributed by atoms with Gasteiger partial charge in [-0.1, -0.05) is 6.92 Å². The van der Waals surface area contributed by atoms with Gasteiger partial charge in [0.05, 0.1) is 0 Å². The van der Waals surface area contributed by atoms with Crippen LogP contribution in [0.5, 0.6) is 5.75 Å². The maximum Gasteiger partial charge on any atom is 0.251 e. The van der Waals surface area contributed by atoms with Crippen molar-refractivity contribution in [2.45, 2.75) is 13.8 Å². The minimum Gasteiger partial charge on any atom is -0.508 e. The molecule has 0 saturated heterocycles. The van der Waals surface area contributed by atoms with E-state index in [0.717, 1.165) is 13.1 Å². The first-order valence-electron chi connectivity index (χ1n) is 5.43. The highest BCUT2D eigenvalue weighted by atomic mass is 16.3. The van der Waals surface area contributed by atoms with Gasteiger partial charge in [0.2, 0.25) is 0 Å². The SMILES string of the molecule is CCNCCNC(=O)c1ccc(O)c(C)c1. The molecule has 0 aliphatic carbocycles. The molecule has 1 rings (SSSR count). The Bertz CT molecular complexity index is 364. The lowest BCUT2D eigenvalue weighted by Crippen LogP contribution is -2.31. The Morgan fingerprint density at radius 3 is 2.75 bits per heavy atom. The van der Waals surface area contributed by atoms with Crippen molar-refractivity contribution < 1.29 is 9.90 Å². The summed E-state index contributed by atoms with van der Waals surface area (Å²) in [6.07, 6.45) is 0. The smallest absolute Gasteiger partial charge is 0.251 e. The van der Waals surface area contributed by atoms with Crippen molar-refractivity contribution in [3.05, 3.63) is 29.3 Å². The Labute approximate surface area is 95.7 Å². The summed E-state index contributed by atoms with van der Waals surface area (Å²) in [5.41, 5.74) is 1.28. The highest BCUT2D eigenvalue weighted by Gasteiger charge is 2.06. The fourth-order valence-corrected chi connectivity index (χ4v) is 1.34. The van der Waals surface area contributed by atoms with Gasteiger partial charge in [-0.2, -0.15) is 0 Å². The molecule has 0 unspecified atom stereocenters. The van der Waals surface area contributed by atoms with E-state index >= 15 is 0 Å². The van der Waals surface area contributed by atoms with Crippen molar-refractivity contribution in [1.82, 2.24) is 10.6 Å². The number of amides is 1. The van der Waals surface area contributed by atoms with Gasteiger partial charge in [0.15, 0.2) is 0 Å². The van der Waals surface area contributed by atoms with Gasteiger partial charge in [0.1, 0.15) is 5.75 Å². The third-order valence-electron chi connectivity index (χ3n) is 2.30. The highest BCUT2D eigenvalue weighted by Crippen LogP contribution is 2.16. The number of benzene rings is 1. The Kier molecular flexibility index (Phi) is 4.79. The monoisotopic (exact) mass is 222 g/mol. The number of aromatic hydroxyl groups is 1. The number of likely N-dealkylation sites (N-methyl/N-ethyl adjacent to an activating group) is 1. The molecule has 1 aromatic rings. The van der Waals surface area contributed by atoms with Crippen molar-refractivity contribution in [2.24, 2.45) is 0 Å². The van der Waals surface area contributed by atoms with Gasteiger partial charge < -0.3 is 15.7 Å². The van der Waals surface area contributed by atoms with Gasteiger partial charge in [-0.05, 0) is 37.2 Å². The maximum atomic E-state index is 11.7. The maximum absolute atomic E-state index is 11.7. The third-order valence-corrected chi connectivity index (χ3v) is 2.30. The molecule has 0 heterocycles. The second kappa shape index (κ2) is 6.12. The topological polar surface area (TPSA) is 61.4 Å². The fraction of sp³-hybridized carbons (Fsp3) is 0.417. The summed E-state index contributed by atoms with van der Waals surface area (Å²) in [6, 6.07) is 4.83. The van der Waals surface area contributed by atoms with E-state index in [1.54, 1.807) is 19.1 Å². The largest absolute Gasteiger partial charge is 0.508 e. The van der Waals surface area contributed by atoms with Crippen LogP contribution in [0.2, 0.25) is 0 Å². The summed E-state index contributed by atoms with van der Waals surface area (Å²) >= 11 is 0. The van der Waals surface area contributed by atoms with Crippen LogP contribution in [0.1, 0.15) is 22.8 Å². The number of phenols is 1. The first kappa shape index (κ1) is 12.5. The van der Waals surface area contributed by atoms with E-state index in [1.165, 1.54) is 6.07 Å². The molecule has 0 atom stereocenters. The van der Waals surface area contributed by atoms with Crippen LogP contribution in [0, 0.1) is 6.92 Å². The average Bonchev–Trinajstić information content (AvgIpc) is 2.28. The lowest BCUT2D eigenvalue weighted by atomic mass is 10.1. The Balaban J connectivity index is 2.50. The summed E-state index contributed by atoms with van der Waals surface area (Å²) in [5, 5.41) is 15.2. The lowest BCUT2D eigenvalue weighted by Gasteiger charge is -2.06. The molecule has 88 valence electrons. The predicted molar refractivity (Wildman–Crippen MR) is 63.7 cm³/mol. The van der Waals surface area contributed by atoms with Crippen molar-refractivity contribution in [1.29, 1.82) is 0 Å². The first-order chi connectivity index (χ1) is 7.65. The molecule has 0 fully saturated rings. The number of carbonyl (C=O) groups is 1. The van der Waals surface area contributed by atoms with Crippen molar-refractivity contribution in [2.75, 3.05) is 19.6 Å². The number of hydrogen-bond acceptors (Lipinski definition) is 3. The van der Waals surface area contributed by atoms with Gasteiger partial charge >= 0.3 is 0 Å². The van der Waals surface area contributed by atoms with Crippen LogP contribution < -0.4 is 10.6 Å². The number of rotatable bonds is 5. The van der Waals surface area contributed by atoms with Crippen molar-refractivity contribution in [3.63, 3.8) is 0 Å². The Hall–Kier alpha value is -1.55. The minimum absolute atomic E-state index is 0.110. The molecule has 16 heavy (non-hydrogen) atoms. The number of hydrogen-bond donors (Lipinski definition) is 3. The van der Waals surface area contributed by atoms with Crippen LogP contribution >= 0.6 is 0 Å². The van der Waals surface area contributed by atoms with Gasteiger partial charge in [0.25, 0.3) is 5.91 Å². The van der Waals surface area contributed by atoms with E-state index in [4.69, 9.17) is 0 Å². The molecule has 0 aliphatic heterocycles. The first-order valence-corrected chi connectivity index (χ1v) is 5.43. The average molecular weight is 222 g/mol. The highest BCUT2D eigenvalue weighted by molar-refractivity contribution is 5.94. The van der Waals surface area contributed by atoms with Gasteiger partial charge in [0, 0.05) is 18.7 Å². The Morgan fingerprint density at radius 2 is 2.12 bits per heavy atom. The van der Waals surface area contributed by atoms with Crippen LogP contribution in [0.25, 0.3) is 0 Å². The third kappa shape index (κ3) is 3.55. The Morgan fingerprint density at radius 1 is 1.38 bits per heavy atom. The summed E-state index contributed by atoms with van der Waals surface area (Å²) in [7, 11) is 0. The zero-order chi connectivity index (χ0) is 12.0. The van der Waals surface area contributed by atoms with E-state index in [2.05, 4.69) is 10.6 Å². The number of nitrogens with one attached hydrogen (secondary N) is 2. The molecule has 0 aliphatic rings. The predicted octanol–water partition coefficient (Wildman–Crippen LogP) is 1.04. The van der Waals surface area contributed by atoms with E-state index < -0.39 is 0 Å². The standard InChI is InChI=1S/C12H18N2O2/c1-3-13-6-7-14-12(16)10-4-5-11(15)9(2)8-10/h4-5,8,13,15H,3,6-7H2,1-2H3,(H,14,16). The molecule has 1 aromatic carbocycles. The van der Waals surface area contributed by atoms with E-state index in [0.29, 0.717) is 17.7 Å². The van der Waals surface area contributed by atoms with Crippen LogP contribution in [0.3, 0.4) is 0 Å². The van der Waals surface area contributed by atoms with Crippen LogP contribution in [-0.4, -0.2) is 30.6 Å². The summed E-state index contributed by atoms with van der Waals surface area (Å²) in [5.74, 6) is 0.102. The van der Waals surface area contributed by atoms with Crippen LogP contribution in [0.15, 0.2) is 18.2 Å². The molecule has 4 heteroatoms. The molecule has 1 amide bonds. The molecule has 0 saturated carbocycles. The van der Waals surface area contributed by atoms with E-state index in [1.807, 2.05) is 6.92 Å². The summed E-state index contributed by atoms with van der Waals surface area (Å²) in [6.45, 7) is 6.05. The van der Waals surface area contributed by atoms with E-state index in [-0.39, 0.29) is 11.7 Å². The molecule has 4 nitrogen and oxygen atoms in total. The summed E-state index contributed by atoms with van der Waals surface area (Å²) < 4.78 is 0. The number of aryl methyl sites for hydroxylation is 1. The number of carbonyl (C=O) groups excluding carboxylic acids is 1. The van der Waals surface area contributed by atoms with Crippen molar-refractivity contribution in [3.8, 4) is 5.75 Å². The second-order valence-electron chi connectivity index (χ2n) is 3.61. The molecule has 0 bridgehead atoms. The minimum atomic E-state index is -0.110. The van der Waals surface area contributed by atoms with Crippen LogP contribution in [-0.2, 0) is 0 Å². The van der Waals surface area contributed by atoms with Gasteiger partial charge in [-0.25, -0.2) is 0 Å². The van der Waals surface area contributed by atoms with E-state index in [9.17, 15) is 9.90 Å². The lowest BCUT2D eigenvalue weighted by molar-refractivity contribution is 0.0954. The zero-order valence-electron chi connectivity index (χ0n) is 9.71. The fourth-order valence-electron chi connectivity index (χ4n) is 1.34. The molecule has 0 radical (unpaired) electrons. The molecular formula is C12H18N2O2.